The van der Waals surface area contributed by atoms with E-state index >= 15 is 0 Å². The van der Waals surface area contributed by atoms with Crippen molar-refractivity contribution in [3.05, 3.63) is 102 Å². The van der Waals surface area contributed by atoms with Gasteiger partial charge >= 0.3 is 11.9 Å². The molecule has 6 rings (SSSR count). The number of carbonyl (C=O) groups excluding carboxylic acids is 3. The Bertz CT molecular complexity index is 2060. The Kier molecular flexibility index (Phi) is 11.1. The molecule has 4 aromatic rings. The summed E-state index contributed by atoms with van der Waals surface area (Å²) in [5, 5.41) is 14.5. The number of rotatable bonds is 11. The zero-order chi connectivity index (χ0) is 37.4. The van der Waals surface area contributed by atoms with E-state index in [0.29, 0.717) is 34.4 Å². The number of halogens is 3. The van der Waals surface area contributed by atoms with Crippen LogP contribution in [0.3, 0.4) is 0 Å². The minimum Gasteiger partial charge on any atom is -0.506 e. The molecule has 0 fully saturated rings. The monoisotopic (exact) mass is 855 g/mol. The number of aromatic hydroxyl groups is 1. The predicted octanol–water partition coefficient (Wildman–Crippen LogP) is 10.5. The standard InChI is InChI=1S/C41H40Cl2INO7/c1-5-6-7-8-9-19-45-33(46)18-15-24-20-29-37(35(43)36(24)47)50-32-22-31(51-39(49)40(2,3)4)27(23-13-16-25(44)17-14-23)21-28(32)41(29)34-26(38(48)52-41)11-10-12-30(34)42/h10-14,16-17,20-22,47H,5-9,15,18-19H2,1-4H3,(H,45,46). The molecule has 4 aromatic carbocycles. The van der Waals surface area contributed by atoms with Crippen molar-refractivity contribution in [1.82, 2.24) is 5.32 Å². The number of aryl methyl sites for hydroxylation is 1. The van der Waals surface area contributed by atoms with Crippen LogP contribution in [0.1, 0.15) is 98.8 Å². The van der Waals surface area contributed by atoms with Gasteiger partial charge in [-0.25, -0.2) is 4.79 Å². The third-order valence-electron chi connectivity index (χ3n) is 9.35. The lowest BCUT2D eigenvalue weighted by atomic mass is 9.76. The van der Waals surface area contributed by atoms with Gasteiger partial charge in [-0.1, -0.05) is 74.0 Å². The van der Waals surface area contributed by atoms with Crippen LogP contribution in [0.25, 0.3) is 11.1 Å². The van der Waals surface area contributed by atoms with E-state index in [-0.39, 0.29) is 57.4 Å². The summed E-state index contributed by atoms with van der Waals surface area (Å²) >= 11 is 16.1. The first-order valence-electron chi connectivity index (χ1n) is 17.4. The first-order valence-corrected chi connectivity index (χ1v) is 19.3. The molecule has 0 aliphatic carbocycles. The summed E-state index contributed by atoms with van der Waals surface area (Å²) in [7, 11) is 0. The van der Waals surface area contributed by atoms with Crippen molar-refractivity contribution >= 4 is 63.6 Å². The molecule has 11 heteroatoms. The summed E-state index contributed by atoms with van der Waals surface area (Å²) in [4.78, 5) is 39.8. The van der Waals surface area contributed by atoms with Crippen molar-refractivity contribution in [2.24, 2.45) is 5.41 Å². The first kappa shape index (κ1) is 37.9. The molecule has 2 aliphatic heterocycles. The maximum atomic E-state index is 13.7. The molecule has 2 heterocycles. The van der Waals surface area contributed by atoms with Gasteiger partial charge < -0.3 is 24.6 Å². The van der Waals surface area contributed by atoms with Crippen LogP contribution >= 0.6 is 45.8 Å². The van der Waals surface area contributed by atoms with Crippen LogP contribution in [0.15, 0.2) is 60.7 Å². The molecule has 8 nitrogen and oxygen atoms in total. The average molecular weight is 857 g/mol. The van der Waals surface area contributed by atoms with E-state index < -0.39 is 23.0 Å². The second kappa shape index (κ2) is 15.3. The molecule has 1 spiro atoms. The number of carbonyl (C=O) groups is 3. The second-order valence-electron chi connectivity index (χ2n) is 14.2. The molecule has 52 heavy (non-hydrogen) atoms. The number of ether oxygens (including phenoxy) is 3. The van der Waals surface area contributed by atoms with Gasteiger partial charge in [-0.3, -0.25) is 9.59 Å². The van der Waals surface area contributed by atoms with E-state index in [9.17, 15) is 19.5 Å². The highest BCUT2D eigenvalue weighted by Gasteiger charge is 2.56. The molecule has 2 N–H and O–H groups in total. The summed E-state index contributed by atoms with van der Waals surface area (Å²) in [6.45, 7) is 8.01. The number of fused-ring (bicyclic) bond motifs is 6. The summed E-state index contributed by atoms with van der Waals surface area (Å²) in [5.74, 6) is -1.04. The fourth-order valence-electron chi connectivity index (χ4n) is 6.56. The minimum absolute atomic E-state index is 0.0441. The van der Waals surface area contributed by atoms with Gasteiger partial charge in [0.2, 0.25) is 5.91 Å². The Morgan fingerprint density at radius 1 is 0.962 bits per heavy atom. The molecule has 2 aliphatic rings. The van der Waals surface area contributed by atoms with Gasteiger partial charge in [-0.05, 0) is 104 Å². The molecule has 1 unspecified atom stereocenters. The van der Waals surface area contributed by atoms with Gasteiger partial charge in [-0.2, -0.15) is 0 Å². The van der Waals surface area contributed by atoms with Gasteiger partial charge in [-0.15, -0.1) is 0 Å². The third-order valence-corrected chi connectivity index (χ3v) is 10.7. The van der Waals surface area contributed by atoms with E-state index in [0.717, 1.165) is 34.8 Å². The van der Waals surface area contributed by atoms with Crippen LogP contribution in [0, 0.1) is 8.99 Å². The molecule has 0 aromatic heterocycles. The Hall–Kier alpha value is -3.80. The van der Waals surface area contributed by atoms with E-state index in [2.05, 4.69) is 34.8 Å². The number of phenolic OH excluding ortho intramolecular Hbond substituents is 1. The second-order valence-corrected chi connectivity index (χ2v) is 16.2. The molecule has 0 saturated carbocycles. The van der Waals surface area contributed by atoms with Crippen molar-refractivity contribution in [2.45, 2.75) is 78.2 Å². The van der Waals surface area contributed by atoms with E-state index in [1.807, 2.05) is 24.3 Å². The Morgan fingerprint density at radius 2 is 1.69 bits per heavy atom. The summed E-state index contributed by atoms with van der Waals surface area (Å²) in [6.07, 6.45) is 5.65. The van der Waals surface area contributed by atoms with Gasteiger partial charge in [0.15, 0.2) is 11.4 Å². The number of phenols is 1. The van der Waals surface area contributed by atoms with E-state index in [4.69, 9.17) is 37.4 Å². The summed E-state index contributed by atoms with van der Waals surface area (Å²) in [6, 6.07) is 17.7. The molecule has 0 radical (unpaired) electrons. The van der Waals surface area contributed by atoms with Gasteiger partial charge in [0, 0.05) is 49.9 Å². The predicted molar refractivity (Wildman–Crippen MR) is 210 cm³/mol. The van der Waals surface area contributed by atoms with E-state index in [1.165, 1.54) is 6.42 Å². The number of hydrogen-bond acceptors (Lipinski definition) is 7. The number of esters is 2. The van der Waals surface area contributed by atoms with Crippen LogP contribution in [0.2, 0.25) is 10.0 Å². The maximum absolute atomic E-state index is 13.7. The zero-order valence-electron chi connectivity index (χ0n) is 29.5. The number of hydrogen-bond donors (Lipinski definition) is 2. The summed E-state index contributed by atoms with van der Waals surface area (Å²) < 4.78 is 19.9. The van der Waals surface area contributed by atoms with Gasteiger partial charge in [0.25, 0.3) is 0 Å². The third kappa shape index (κ3) is 7.24. The van der Waals surface area contributed by atoms with Crippen molar-refractivity contribution < 1.29 is 33.7 Å². The van der Waals surface area contributed by atoms with Crippen molar-refractivity contribution in [3.63, 3.8) is 0 Å². The SMILES string of the molecule is CCCCCCCNC(=O)CCc1cc2c(c(Cl)c1O)Oc1cc(OC(=O)C(C)(C)C)c(-c3ccc(I)cc3)cc1C21OC(=O)c2cccc(Cl)c21. The largest absolute Gasteiger partial charge is 0.506 e. The van der Waals surface area contributed by atoms with Crippen LogP contribution in [0.4, 0.5) is 0 Å². The Balaban J connectivity index is 1.49. The van der Waals surface area contributed by atoms with Gasteiger partial charge in [0.05, 0.1) is 11.0 Å². The Morgan fingerprint density at radius 3 is 2.40 bits per heavy atom. The topological polar surface area (TPSA) is 111 Å². The highest BCUT2D eigenvalue weighted by Crippen LogP contribution is 2.61. The summed E-state index contributed by atoms with van der Waals surface area (Å²) in [5.41, 5.74) is 0.559. The maximum Gasteiger partial charge on any atom is 0.340 e. The molecule has 272 valence electrons. The number of benzene rings is 4. The van der Waals surface area contributed by atoms with Crippen LogP contribution in [0.5, 0.6) is 23.0 Å². The zero-order valence-corrected chi connectivity index (χ0v) is 33.1. The smallest absolute Gasteiger partial charge is 0.340 e. The number of nitrogens with one attached hydrogen (secondary N) is 1. The molecule has 0 saturated heterocycles. The van der Waals surface area contributed by atoms with Crippen molar-refractivity contribution in [2.75, 3.05) is 6.54 Å². The average Bonchev–Trinajstić information content (AvgIpc) is 3.40. The molecular formula is C41H40Cl2INO7. The van der Waals surface area contributed by atoms with Crippen LogP contribution < -0.4 is 14.8 Å². The molecular weight excluding hydrogens is 816 g/mol. The molecule has 1 amide bonds. The lowest BCUT2D eigenvalue weighted by molar-refractivity contribution is -0.143. The number of unbranched alkanes of at least 4 members (excludes halogenated alkanes) is 4. The lowest BCUT2D eigenvalue weighted by Crippen LogP contribution is -2.34. The molecule has 0 bridgehead atoms. The highest BCUT2D eigenvalue weighted by molar-refractivity contribution is 14.1. The van der Waals surface area contributed by atoms with Crippen LogP contribution in [-0.2, 0) is 26.3 Å². The lowest BCUT2D eigenvalue weighted by Gasteiger charge is -2.38. The van der Waals surface area contributed by atoms with Crippen molar-refractivity contribution in [3.8, 4) is 34.1 Å². The normalized spacial score (nSPS) is 15.7. The van der Waals surface area contributed by atoms with Crippen LogP contribution in [-0.4, -0.2) is 29.5 Å². The first-order chi connectivity index (χ1) is 24.8. The Labute approximate surface area is 327 Å². The molecule has 1 atom stereocenters. The highest BCUT2D eigenvalue weighted by atomic mass is 127. The van der Waals surface area contributed by atoms with Crippen molar-refractivity contribution in [1.29, 1.82) is 0 Å². The fourth-order valence-corrected chi connectivity index (χ4v) is 7.49. The van der Waals surface area contributed by atoms with Gasteiger partial charge in [0.1, 0.15) is 22.3 Å². The fraction of sp³-hybridized carbons (Fsp3) is 0.341. The van der Waals surface area contributed by atoms with E-state index in [1.54, 1.807) is 57.2 Å². The minimum atomic E-state index is -1.68. The quantitative estimate of drug-likeness (QED) is 0.0669. The number of amides is 1.